The van der Waals surface area contributed by atoms with E-state index in [1.165, 1.54) is 0 Å². The van der Waals surface area contributed by atoms with Gasteiger partial charge in [-0.25, -0.2) is 0 Å². The van der Waals surface area contributed by atoms with Gasteiger partial charge in [-0.2, -0.15) is 0 Å². The Morgan fingerprint density at radius 1 is 1.32 bits per heavy atom. The molecule has 0 fully saturated rings. The molecule has 1 atom stereocenters. The van der Waals surface area contributed by atoms with Crippen molar-refractivity contribution in [3.05, 3.63) is 53.9 Å². The molecule has 1 aliphatic heterocycles. The Morgan fingerprint density at radius 2 is 2.18 bits per heavy atom. The highest BCUT2D eigenvalue weighted by molar-refractivity contribution is 5.70. The van der Waals surface area contributed by atoms with Gasteiger partial charge in [-0.1, -0.05) is 19.1 Å². The number of rotatable bonds is 5. The molecule has 0 aliphatic carbocycles. The van der Waals surface area contributed by atoms with Gasteiger partial charge in [0.05, 0.1) is 6.42 Å². The Balaban J connectivity index is 1.52. The number of nitrogens with zero attached hydrogens (tertiary/aromatic N) is 1. The van der Waals surface area contributed by atoms with Gasteiger partial charge in [0.25, 0.3) is 0 Å². The van der Waals surface area contributed by atoms with Gasteiger partial charge >= 0.3 is 5.97 Å². The van der Waals surface area contributed by atoms with Crippen molar-refractivity contribution in [2.45, 2.75) is 25.9 Å². The number of aromatic nitrogens is 1. The number of hydrogen-bond acceptors (Lipinski definition) is 5. The number of hydrogen-bond donors (Lipinski definition) is 0. The molecule has 3 rings (SSSR count). The summed E-state index contributed by atoms with van der Waals surface area (Å²) in [7, 11) is 0. The van der Waals surface area contributed by atoms with Crippen LogP contribution in [0.25, 0.3) is 0 Å². The second-order valence-electron chi connectivity index (χ2n) is 5.24. The SMILES string of the molecule is C[C@H](CC(=O)OCc1ccc2c(c1)OCO2)c1cccnc1. The van der Waals surface area contributed by atoms with Crippen LogP contribution < -0.4 is 9.47 Å². The number of ether oxygens (including phenoxy) is 3. The highest BCUT2D eigenvalue weighted by Gasteiger charge is 2.15. The van der Waals surface area contributed by atoms with Crippen LogP contribution in [-0.2, 0) is 16.1 Å². The average molecular weight is 299 g/mol. The normalized spacial score (nSPS) is 13.7. The van der Waals surface area contributed by atoms with E-state index in [0.29, 0.717) is 12.2 Å². The molecule has 0 radical (unpaired) electrons. The average Bonchev–Trinajstić information content (AvgIpc) is 3.01. The molecule has 1 aromatic heterocycles. The van der Waals surface area contributed by atoms with Crippen LogP contribution in [0.3, 0.4) is 0 Å². The lowest BCUT2D eigenvalue weighted by Gasteiger charge is -2.11. The Hall–Kier alpha value is -2.56. The Kier molecular flexibility index (Phi) is 4.23. The van der Waals surface area contributed by atoms with Crippen LogP contribution in [0.15, 0.2) is 42.7 Å². The van der Waals surface area contributed by atoms with E-state index in [-0.39, 0.29) is 25.3 Å². The summed E-state index contributed by atoms with van der Waals surface area (Å²) in [6.07, 6.45) is 3.82. The molecule has 2 aromatic rings. The zero-order valence-corrected chi connectivity index (χ0v) is 12.3. The van der Waals surface area contributed by atoms with E-state index in [0.717, 1.165) is 16.9 Å². The first-order chi connectivity index (χ1) is 10.7. The maximum Gasteiger partial charge on any atom is 0.306 e. The second kappa shape index (κ2) is 6.47. The van der Waals surface area contributed by atoms with Crippen LogP contribution in [0.1, 0.15) is 30.4 Å². The number of benzene rings is 1. The van der Waals surface area contributed by atoms with E-state index in [1.807, 2.05) is 37.3 Å². The number of esters is 1. The molecule has 0 bridgehead atoms. The first-order valence-corrected chi connectivity index (χ1v) is 7.16. The van der Waals surface area contributed by atoms with Crippen molar-refractivity contribution < 1.29 is 19.0 Å². The van der Waals surface area contributed by atoms with Gasteiger partial charge in [-0.05, 0) is 35.2 Å². The fourth-order valence-corrected chi connectivity index (χ4v) is 2.29. The van der Waals surface area contributed by atoms with Crippen molar-refractivity contribution in [3.63, 3.8) is 0 Å². The van der Waals surface area contributed by atoms with Crippen molar-refractivity contribution in [1.29, 1.82) is 0 Å². The zero-order valence-electron chi connectivity index (χ0n) is 12.3. The third-order valence-electron chi connectivity index (χ3n) is 3.56. The van der Waals surface area contributed by atoms with E-state index < -0.39 is 0 Å². The number of fused-ring (bicyclic) bond motifs is 1. The molecule has 22 heavy (non-hydrogen) atoms. The van der Waals surface area contributed by atoms with Crippen molar-refractivity contribution >= 4 is 5.97 Å². The molecule has 0 saturated heterocycles. The first-order valence-electron chi connectivity index (χ1n) is 7.16. The molecule has 1 aliphatic rings. The van der Waals surface area contributed by atoms with Crippen molar-refractivity contribution in [3.8, 4) is 11.5 Å². The summed E-state index contributed by atoms with van der Waals surface area (Å²) in [5.74, 6) is 1.27. The third-order valence-corrected chi connectivity index (χ3v) is 3.56. The summed E-state index contributed by atoms with van der Waals surface area (Å²) in [5, 5.41) is 0. The van der Waals surface area contributed by atoms with Crippen molar-refractivity contribution in [2.75, 3.05) is 6.79 Å². The number of carbonyl (C=O) groups is 1. The van der Waals surface area contributed by atoms with Gasteiger partial charge in [0.15, 0.2) is 11.5 Å². The topological polar surface area (TPSA) is 57.7 Å². The first kappa shape index (κ1) is 14.4. The molecule has 5 nitrogen and oxygen atoms in total. The summed E-state index contributed by atoms with van der Waals surface area (Å²) in [5.41, 5.74) is 1.91. The highest BCUT2D eigenvalue weighted by Crippen LogP contribution is 2.32. The maximum atomic E-state index is 11.9. The van der Waals surface area contributed by atoms with Crippen LogP contribution >= 0.6 is 0 Å². The quantitative estimate of drug-likeness (QED) is 0.794. The monoisotopic (exact) mass is 299 g/mol. The summed E-state index contributed by atoms with van der Waals surface area (Å²) in [6.45, 7) is 2.45. The summed E-state index contributed by atoms with van der Waals surface area (Å²) >= 11 is 0. The molecular formula is C17H17NO4. The predicted octanol–water partition coefficient (Wildman–Crippen LogP) is 3.05. The molecular weight excluding hydrogens is 282 g/mol. The molecule has 0 N–H and O–H groups in total. The smallest absolute Gasteiger partial charge is 0.306 e. The fraction of sp³-hybridized carbons (Fsp3) is 0.294. The molecule has 5 heteroatoms. The molecule has 2 heterocycles. The molecule has 0 amide bonds. The van der Waals surface area contributed by atoms with Gasteiger partial charge in [0.2, 0.25) is 6.79 Å². The zero-order chi connectivity index (χ0) is 15.4. The van der Waals surface area contributed by atoms with Gasteiger partial charge in [0.1, 0.15) is 6.61 Å². The molecule has 1 aromatic carbocycles. The summed E-state index contributed by atoms with van der Waals surface area (Å²) < 4.78 is 15.9. The lowest BCUT2D eigenvalue weighted by Crippen LogP contribution is -2.09. The summed E-state index contributed by atoms with van der Waals surface area (Å²) in [4.78, 5) is 16.0. The van der Waals surface area contributed by atoms with Gasteiger partial charge in [-0.3, -0.25) is 9.78 Å². The number of pyridine rings is 1. The lowest BCUT2D eigenvalue weighted by atomic mass is 10.00. The van der Waals surface area contributed by atoms with E-state index in [4.69, 9.17) is 14.2 Å². The Morgan fingerprint density at radius 3 is 3.00 bits per heavy atom. The highest BCUT2D eigenvalue weighted by atomic mass is 16.7. The molecule has 0 saturated carbocycles. The largest absolute Gasteiger partial charge is 0.461 e. The van der Waals surface area contributed by atoms with Crippen molar-refractivity contribution in [2.24, 2.45) is 0 Å². The summed E-state index contributed by atoms with van der Waals surface area (Å²) in [6, 6.07) is 9.35. The van der Waals surface area contributed by atoms with Gasteiger partial charge in [0, 0.05) is 12.4 Å². The van der Waals surface area contributed by atoms with Crippen LogP contribution in [0.5, 0.6) is 11.5 Å². The van der Waals surface area contributed by atoms with E-state index in [2.05, 4.69) is 4.98 Å². The standard InChI is InChI=1S/C17H17NO4/c1-12(14-3-2-6-18-9-14)7-17(19)20-10-13-4-5-15-16(8-13)22-11-21-15/h2-6,8-9,12H,7,10-11H2,1H3/t12-/m1/s1. The third kappa shape index (κ3) is 3.36. The lowest BCUT2D eigenvalue weighted by molar-refractivity contribution is -0.145. The van der Waals surface area contributed by atoms with E-state index in [9.17, 15) is 4.79 Å². The van der Waals surface area contributed by atoms with Crippen LogP contribution in [-0.4, -0.2) is 17.7 Å². The van der Waals surface area contributed by atoms with Crippen LogP contribution in [0, 0.1) is 0 Å². The van der Waals surface area contributed by atoms with Crippen LogP contribution in [0.2, 0.25) is 0 Å². The number of carbonyl (C=O) groups excluding carboxylic acids is 1. The van der Waals surface area contributed by atoms with Crippen molar-refractivity contribution in [1.82, 2.24) is 4.98 Å². The van der Waals surface area contributed by atoms with Gasteiger partial charge in [-0.15, -0.1) is 0 Å². The minimum absolute atomic E-state index is 0.0814. The van der Waals surface area contributed by atoms with E-state index in [1.54, 1.807) is 12.4 Å². The van der Waals surface area contributed by atoms with E-state index >= 15 is 0 Å². The Bertz CT molecular complexity index is 657. The maximum absolute atomic E-state index is 11.9. The molecule has 0 unspecified atom stereocenters. The molecule has 0 spiro atoms. The van der Waals surface area contributed by atoms with Gasteiger partial charge < -0.3 is 14.2 Å². The minimum atomic E-state index is -0.228. The predicted molar refractivity (Wildman–Crippen MR) is 79.6 cm³/mol. The molecule has 114 valence electrons. The fourth-order valence-electron chi connectivity index (χ4n) is 2.29. The Labute approximate surface area is 128 Å². The minimum Gasteiger partial charge on any atom is -0.461 e. The van der Waals surface area contributed by atoms with Crippen LogP contribution in [0.4, 0.5) is 0 Å². The second-order valence-corrected chi connectivity index (χ2v) is 5.24.